The summed E-state index contributed by atoms with van der Waals surface area (Å²) in [4.78, 5) is 23.5. The van der Waals surface area contributed by atoms with E-state index in [9.17, 15) is 4.79 Å². The van der Waals surface area contributed by atoms with Crippen LogP contribution in [0.2, 0.25) is 0 Å². The van der Waals surface area contributed by atoms with E-state index in [-0.39, 0.29) is 35.8 Å². The van der Waals surface area contributed by atoms with Crippen LogP contribution in [0.1, 0.15) is 57.2 Å². The number of aromatic nitrogens is 2. The van der Waals surface area contributed by atoms with Crippen molar-refractivity contribution >= 4 is 47.6 Å². The normalized spacial score (nSPS) is 22.5. The first-order valence-corrected chi connectivity index (χ1v) is 11.9. The summed E-state index contributed by atoms with van der Waals surface area (Å²) in [5.41, 5.74) is 0. The lowest BCUT2D eigenvalue weighted by Crippen LogP contribution is -2.47. The van der Waals surface area contributed by atoms with Crippen LogP contribution in [-0.2, 0) is 11.2 Å². The predicted molar refractivity (Wildman–Crippen MR) is 132 cm³/mol. The summed E-state index contributed by atoms with van der Waals surface area (Å²) in [6.45, 7) is 6.60. The number of hydrogen-bond acceptors (Lipinski definition) is 6. The maximum absolute atomic E-state index is 12.7. The van der Waals surface area contributed by atoms with Gasteiger partial charge in [-0.2, -0.15) is 16.7 Å². The molecule has 3 rings (SSSR count). The molecular formula is C20H35IN6O2S. The molecule has 0 spiro atoms. The Bertz CT molecular complexity index is 685. The van der Waals surface area contributed by atoms with Crippen LogP contribution in [0.3, 0.4) is 0 Å². The molecule has 2 fully saturated rings. The number of rotatable bonds is 6. The second-order valence-electron chi connectivity index (χ2n) is 8.08. The van der Waals surface area contributed by atoms with Gasteiger partial charge in [0.25, 0.3) is 0 Å². The number of halogens is 1. The molecule has 0 bridgehead atoms. The summed E-state index contributed by atoms with van der Waals surface area (Å²) in [6, 6.07) is 0.359. The molecule has 1 aromatic heterocycles. The SMILES string of the molecule is CN=C(NCCc1nc(C(C)C)no1)NC1CCC(C(=O)N2CCSCC2)CC1.I. The number of amides is 1. The number of nitrogens with one attached hydrogen (secondary N) is 2. The van der Waals surface area contributed by atoms with E-state index in [4.69, 9.17) is 4.52 Å². The standard InChI is InChI=1S/C20H34N6O2S.HI/c1-14(2)18-24-17(28-25-18)8-9-22-20(21-3)23-16-6-4-15(5-7-16)19(27)26-10-12-29-13-11-26;/h14-16H,4-13H2,1-3H3,(H2,21,22,23);1H. The van der Waals surface area contributed by atoms with E-state index < -0.39 is 0 Å². The maximum Gasteiger partial charge on any atom is 0.228 e. The van der Waals surface area contributed by atoms with Crippen LogP contribution in [-0.4, -0.2) is 71.1 Å². The van der Waals surface area contributed by atoms with Crippen LogP contribution >= 0.6 is 35.7 Å². The fourth-order valence-corrected chi connectivity index (χ4v) is 4.71. The van der Waals surface area contributed by atoms with E-state index in [1.54, 1.807) is 7.05 Å². The van der Waals surface area contributed by atoms with Crippen molar-refractivity contribution in [3.8, 4) is 0 Å². The second kappa shape index (κ2) is 12.7. The maximum atomic E-state index is 12.7. The Kier molecular flexibility index (Phi) is 10.7. The van der Waals surface area contributed by atoms with Gasteiger partial charge in [0, 0.05) is 62.5 Å². The van der Waals surface area contributed by atoms with Gasteiger partial charge in [-0.1, -0.05) is 19.0 Å². The van der Waals surface area contributed by atoms with Crippen LogP contribution in [0.15, 0.2) is 9.52 Å². The molecule has 1 aromatic rings. The Morgan fingerprint density at radius 3 is 2.57 bits per heavy atom. The zero-order valence-electron chi connectivity index (χ0n) is 18.2. The molecule has 2 N–H and O–H groups in total. The van der Waals surface area contributed by atoms with E-state index in [1.165, 1.54) is 0 Å². The minimum atomic E-state index is 0. The first kappa shape index (κ1) is 25.2. The van der Waals surface area contributed by atoms with Gasteiger partial charge in [0.05, 0.1) is 0 Å². The van der Waals surface area contributed by atoms with Crippen molar-refractivity contribution in [2.24, 2.45) is 10.9 Å². The fraction of sp³-hybridized carbons (Fsp3) is 0.800. The van der Waals surface area contributed by atoms with Gasteiger partial charge in [-0.3, -0.25) is 9.79 Å². The van der Waals surface area contributed by atoms with Crippen molar-refractivity contribution in [1.29, 1.82) is 0 Å². The lowest BCUT2D eigenvalue weighted by atomic mass is 9.85. The Morgan fingerprint density at radius 2 is 1.97 bits per heavy atom. The molecule has 1 amide bonds. The summed E-state index contributed by atoms with van der Waals surface area (Å²) in [6.07, 6.45) is 4.58. The van der Waals surface area contributed by atoms with Gasteiger partial charge >= 0.3 is 0 Å². The lowest BCUT2D eigenvalue weighted by molar-refractivity contribution is -0.136. The summed E-state index contributed by atoms with van der Waals surface area (Å²) in [5.74, 6) is 5.16. The number of hydrogen-bond donors (Lipinski definition) is 2. The number of thioether (sulfide) groups is 1. The van der Waals surface area contributed by atoms with Gasteiger partial charge < -0.3 is 20.1 Å². The highest BCUT2D eigenvalue weighted by Gasteiger charge is 2.30. The third-order valence-corrected chi connectivity index (χ3v) is 6.54. The third-order valence-electron chi connectivity index (χ3n) is 5.60. The van der Waals surface area contributed by atoms with Crippen LogP contribution in [0, 0.1) is 5.92 Å². The molecule has 0 radical (unpaired) electrons. The summed E-state index contributed by atoms with van der Waals surface area (Å²) < 4.78 is 5.28. The monoisotopic (exact) mass is 550 g/mol. The van der Waals surface area contributed by atoms with Gasteiger partial charge in [0.1, 0.15) is 0 Å². The molecule has 2 heterocycles. The molecule has 170 valence electrons. The second-order valence-corrected chi connectivity index (χ2v) is 9.31. The van der Waals surface area contributed by atoms with Crippen molar-refractivity contribution in [3.63, 3.8) is 0 Å². The molecule has 0 aromatic carbocycles. The smallest absolute Gasteiger partial charge is 0.228 e. The van der Waals surface area contributed by atoms with Crippen LogP contribution < -0.4 is 10.6 Å². The van der Waals surface area contributed by atoms with E-state index in [0.717, 1.165) is 62.1 Å². The molecule has 0 unspecified atom stereocenters. The fourth-order valence-electron chi connectivity index (χ4n) is 3.81. The number of guanidine groups is 1. The molecule has 2 aliphatic rings. The molecule has 30 heavy (non-hydrogen) atoms. The summed E-state index contributed by atoms with van der Waals surface area (Å²) in [7, 11) is 1.78. The van der Waals surface area contributed by atoms with Crippen molar-refractivity contribution in [1.82, 2.24) is 25.7 Å². The lowest BCUT2D eigenvalue weighted by Gasteiger charge is -2.34. The third kappa shape index (κ3) is 7.28. The molecule has 10 heteroatoms. The molecule has 1 saturated carbocycles. The zero-order valence-corrected chi connectivity index (χ0v) is 21.4. The van der Waals surface area contributed by atoms with Crippen LogP contribution in [0.25, 0.3) is 0 Å². The molecular weight excluding hydrogens is 515 g/mol. The highest BCUT2D eigenvalue weighted by molar-refractivity contribution is 14.0. The Morgan fingerprint density at radius 1 is 1.27 bits per heavy atom. The summed E-state index contributed by atoms with van der Waals surface area (Å²) in [5, 5.41) is 10.8. The highest BCUT2D eigenvalue weighted by Crippen LogP contribution is 2.27. The van der Waals surface area contributed by atoms with Crippen molar-refractivity contribution in [3.05, 3.63) is 11.7 Å². The van der Waals surface area contributed by atoms with Crippen molar-refractivity contribution in [2.75, 3.05) is 38.2 Å². The summed E-state index contributed by atoms with van der Waals surface area (Å²) >= 11 is 1.94. The van der Waals surface area contributed by atoms with E-state index in [0.29, 0.717) is 30.8 Å². The minimum absolute atomic E-state index is 0. The van der Waals surface area contributed by atoms with Crippen molar-refractivity contribution < 1.29 is 9.32 Å². The molecule has 0 atom stereocenters. The zero-order chi connectivity index (χ0) is 20.6. The van der Waals surface area contributed by atoms with Gasteiger partial charge in [-0.15, -0.1) is 24.0 Å². The van der Waals surface area contributed by atoms with Gasteiger partial charge in [-0.25, -0.2) is 0 Å². The molecule has 8 nitrogen and oxygen atoms in total. The molecule has 1 aliphatic heterocycles. The topological polar surface area (TPSA) is 95.6 Å². The predicted octanol–water partition coefficient (Wildman–Crippen LogP) is 2.65. The minimum Gasteiger partial charge on any atom is -0.356 e. The van der Waals surface area contributed by atoms with E-state index >= 15 is 0 Å². The Labute approximate surface area is 200 Å². The van der Waals surface area contributed by atoms with E-state index in [1.807, 2.05) is 25.6 Å². The largest absolute Gasteiger partial charge is 0.356 e. The molecule has 1 saturated heterocycles. The Hall–Kier alpha value is -1.04. The average molecular weight is 551 g/mol. The quantitative estimate of drug-likeness (QED) is 0.320. The highest BCUT2D eigenvalue weighted by atomic mass is 127. The number of carbonyl (C=O) groups excluding carboxylic acids is 1. The molecule has 1 aliphatic carbocycles. The average Bonchev–Trinajstić information content (AvgIpc) is 3.23. The Balaban J connectivity index is 0.00000320. The van der Waals surface area contributed by atoms with Gasteiger partial charge in [0.15, 0.2) is 11.8 Å². The van der Waals surface area contributed by atoms with Crippen LogP contribution in [0.4, 0.5) is 0 Å². The van der Waals surface area contributed by atoms with Gasteiger partial charge in [0.2, 0.25) is 11.8 Å². The van der Waals surface area contributed by atoms with Gasteiger partial charge in [-0.05, 0) is 25.7 Å². The number of nitrogens with zero attached hydrogens (tertiary/aromatic N) is 4. The number of aliphatic imine (C=N–C) groups is 1. The van der Waals surface area contributed by atoms with Crippen molar-refractivity contribution in [2.45, 2.75) is 57.9 Å². The first-order valence-electron chi connectivity index (χ1n) is 10.7. The number of carbonyl (C=O) groups is 1. The first-order chi connectivity index (χ1) is 14.1. The van der Waals surface area contributed by atoms with E-state index in [2.05, 4.69) is 30.7 Å². The van der Waals surface area contributed by atoms with Crippen LogP contribution in [0.5, 0.6) is 0 Å².